The molecule has 0 spiro atoms. The Morgan fingerprint density at radius 1 is 1.08 bits per heavy atom. The summed E-state index contributed by atoms with van der Waals surface area (Å²) in [5, 5.41) is 6.29. The van der Waals surface area contributed by atoms with Gasteiger partial charge in [-0.25, -0.2) is 9.97 Å². The van der Waals surface area contributed by atoms with Gasteiger partial charge in [0.25, 0.3) is 0 Å². The average molecular weight is 336 g/mol. The van der Waals surface area contributed by atoms with Crippen LogP contribution in [0.1, 0.15) is 18.4 Å². The summed E-state index contributed by atoms with van der Waals surface area (Å²) < 4.78 is 0. The highest BCUT2D eigenvalue weighted by Gasteiger charge is 2.12. The summed E-state index contributed by atoms with van der Waals surface area (Å²) in [6.45, 7) is 3.42. The maximum absolute atomic E-state index is 4.67. The SMILES string of the molecule is c1ccc(-c2csc(Nc3cc(CN4CCCC4)ccn3)n2)cc1. The van der Waals surface area contributed by atoms with E-state index in [1.165, 1.54) is 31.5 Å². The molecule has 3 heterocycles. The fourth-order valence-electron chi connectivity index (χ4n) is 3.02. The van der Waals surface area contributed by atoms with Crippen molar-refractivity contribution in [3.63, 3.8) is 0 Å². The third-order valence-electron chi connectivity index (χ3n) is 4.24. The van der Waals surface area contributed by atoms with Crippen LogP contribution in [0.5, 0.6) is 0 Å². The number of nitrogens with zero attached hydrogens (tertiary/aromatic N) is 3. The number of pyridine rings is 1. The monoisotopic (exact) mass is 336 g/mol. The van der Waals surface area contributed by atoms with Crippen molar-refractivity contribution in [1.29, 1.82) is 0 Å². The van der Waals surface area contributed by atoms with E-state index in [1.807, 2.05) is 24.4 Å². The van der Waals surface area contributed by atoms with Crippen LogP contribution in [0.25, 0.3) is 11.3 Å². The first-order valence-corrected chi connectivity index (χ1v) is 9.20. The van der Waals surface area contributed by atoms with Crippen molar-refractivity contribution in [3.05, 3.63) is 59.6 Å². The van der Waals surface area contributed by atoms with Crippen LogP contribution in [-0.4, -0.2) is 28.0 Å². The maximum atomic E-state index is 4.67. The minimum Gasteiger partial charge on any atom is -0.316 e. The second-order valence-electron chi connectivity index (χ2n) is 6.06. The van der Waals surface area contributed by atoms with Crippen molar-refractivity contribution in [2.45, 2.75) is 19.4 Å². The van der Waals surface area contributed by atoms with E-state index < -0.39 is 0 Å². The smallest absolute Gasteiger partial charge is 0.188 e. The number of nitrogens with one attached hydrogen (secondary N) is 1. The molecule has 0 unspecified atom stereocenters. The zero-order valence-electron chi connectivity index (χ0n) is 13.5. The molecule has 2 aromatic heterocycles. The molecule has 0 atom stereocenters. The lowest BCUT2D eigenvalue weighted by Crippen LogP contribution is -2.18. The standard InChI is InChI=1S/C19H20N4S/c1-2-6-16(7-3-1)17-14-24-19(21-17)22-18-12-15(8-9-20-18)13-23-10-4-5-11-23/h1-3,6-9,12,14H,4-5,10-11,13H2,(H,20,21,22). The van der Waals surface area contributed by atoms with E-state index in [9.17, 15) is 0 Å². The first-order chi connectivity index (χ1) is 11.9. The maximum Gasteiger partial charge on any atom is 0.188 e. The molecule has 0 amide bonds. The summed E-state index contributed by atoms with van der Waals surface area (Å²) in [4.78, 5) is 11.6. The molecule has 1 aromatic carbocycles. The van der Waals surface area contributed by atoms with E-state index in [1.54, 1.807) is 11.3 Å². The Morgan fingerprint density at radius 3 is 2.75 bits per heavy atom. The van der Waals surface area contributed by atoms with Crippen molar-refractivity contribution in [1.82, 2.24) is 14.9 Å². The van der Waals surface area contributed by atoms with Gasteiger partial charge >= 0.3 is 0 Å². The quantitative estimate of drug-likeness (QED) is 0.742. The lowest BCUT2D eigenvalue weighted by atomic mass is 10.2. The number of aromatic nitrogens is 2. The molecule has 1 aliphatic heterocycles. The zero-order chi connectivity index (χ0) is 16.2. The predicted molar refractivity (Wildman–Crippen MR) is 99.6 cm³/mol. The van der Waals surface area contributed by atoms with E-state index in [0.29, 0.717) is 0 Å². The van der Waals surface area contributed by atoms with Gasteiger partial charge in [-0.1, -0.05) is 30.3 Å². The number of benzene rings is 1. The van der Waals surface area contributed by atoms with Crippen LogP contribution < -0.4 is 5.32 Å². The first-order valence-electron chi connectivity index (χ1n) is 8.32. The Bertz CT molecular complexity index is 794. The highest BCUT2D eigenvalue weighted by molar-refractivity contribution is 7.14. The van der Waals surface area contributed by atoms with Gasteiger partial charge < -0.3 is 5.32 Å². The molecule has 122 valence electrons. The van der Waals surface area contributed by atoms with Gasteiger partial charge in [-0.2, -0.15) is 0 Å². The van der Waals surface area contributed by atoms with Crippen molar-refractivity contribution >= 4 is 22.3 Å². The third kappa shape index (κ3) is 3.63. The Hall–Kier alpha value is -2.24. The summed E-state index contributed by atoms with van der Waals surface area (Å²) in [7, 11) is 0. The van der Waals surface area contributed by atoms with E-state index in [2.05, 4.69) is 49.8 Å². The molecule has 1 N–H and O–H groups in total. The number of hydrogen-bond acceptors (Lipinski definition) is 5. The highest BCUT2D eigenvalue weighted by Crippen LogP contribution is 2.26. The molecule has 4 rings (SSSR count). The van der Waals surface area contributed by atoms with Gasteiger partial charge in [0, 0.05) is 23.7 Å². The molecule has 3 aromatic rings. The normalized spacial score (nSPS) is 14.8. The van der Waals surface area contributed by atoms with E-state index in [-0.39, 0.29) is 0 Å². The van der Waals surface area contributed by atoms with Gasteiger partial charge in [0.15, 0.2) is 5.13 Å². The lowest BCUT2D eigenvalue weighted by molar-refractivity contribution is 0.331. The van der Waals surface area contributed by atoms with Gasteiger partial charge in [-0.15, -0.1) is 11.3 Å². The predicted octanol–water partition coefficient (Wildman–Crippen LogP) is 4.54. The molecule has 1 saturated heterocycles. The number of hydrogen-bond donors (Lipinski definition) is 1. The molecular weight excluding hydrogens is 316 g/mol. The fraction of sp³-hybridized carbons (Fsp3) is 0.263. The Balaban J connectivity index is 1.46. The van der Waals surface area contributed by atoms with Crippen LogP contribution in [0.15, 0.2) is 54.0 Å². The van der Waals surface area contributed by atoms with Crippen molar-refractivity contribution in [2.75, 3.05) is 18.4 Å². The topological polar surface area (TPSA) is 41.0 Å². The van der Waals surface area contributed by atoms with E-state index >= 15 is 0 Å². The largest absolute Gasteiger partial charge is 0.316 e. The van der Waals surface area contributed by atoms with Gasteiger partial charge in [0.1, 0.15) is 5.82 Å². The average Bonchev–Trinajstić information content (AvgIpc) is 3.28. The minimum atomic E-state index is 0.862. The van der Waals surface area contributed by atoms with Gasteiger partial charge in [0.05, 0.1) is 5.69 Å². The van der Waals surface area contributed by atoms with Crippen molar-refractivity contribution in [3.8, 4) is 11.3 Å². The Labute approximate surface area is 146 Å². The van der Waals surface area contributed by atoms with Crippen LogP contribution in [0.2, 0.25) is 0 Å². The molecule has 4 nitrogen and oxygen atoms in total. The zero-order valence-corrected chi connectivity index (χ0v) is 14.3. The Morgan fingerprint density at radius 2 is 1.92 bits per heavy atom. The Kier molecular flexibility index (Phi) is 4.53. The van der Waals surface area contributed by atoms with Crippen molar-refractivity contribution < 1.29 is 0 Å². The van der Waals surface area contributed by atoms with Crippen LogP contribution in [-0.2, 0) is 6.54 Å². The highest BCUT2D eigenvalue weighted by atomic mass is 32.1. The molecule has 0 aliphatic carbocycles. The van der Waals surface area contributed by atoms with Gasteiger partial charge in [-0.05, 0) is 43.6 Å². The summed E-state index contributed by atoms with van der Waals surface area (Å²) in [6, 6.07) is 14.5. The second kappa shape index (κ2) is 7.11. The molecule has 0 saturated carbocycles. The van der Waals surface area contributed by atoms with Crippen LogP contribution in [0.4, 0.5) is 10.9 Å². The summed E-state index contributed by atoms with van der Waals surface area (Å²) in [5.41, 5.74) is 3.43. The molecular formula is C19H20N4S. The minimum absolute atomic E-state index is 0.862. The summed E-state index contributed by atoms with van der Waals surface area (Å²) in [5.74, 6) is 0.862. The molecule has 0 bridgehead atoms. The number of likely N-dealkylation sites (tertiary alicyclic amines) is 1. The van der Waals surface area contributed by atoms with Gasteiger partial charge in [0.2, 0.25) is 0 Å². The third-order valence-corrected chi connectivity index (χ3v) is 5.00. The first kappa shape index (κ1) is 15.3. The molecule has 1 fully saturated rings. The van der Waals surface area contributed by atoms with Crippen LogP contribution in [0.3, 0.4) is 0 Å². The fourth-order valence-corrected chi connectivity index (χ4v) is 3.75. The van der Waals surface area contributed by atoms with Gasteiger partial charge in [-0.3, -0.25) is 4.90 Å². The van der Waals surface area contributed by atoms with E-state index in [0.717, 1.165) is 28.8 Å². The summed E-state index contributed by atoms with van der Waals surface area (Å²) >= 11 is 1.61. The number of thiazole rings is 1. The number of anilines is 2. The molecule has 0 radical (unpaired) electrons. The molecule has 1 aliphatic rings. The second-order valence-corrected chi connectivity index (χ2v) is 6.92. The lowest BCUT2D eigenvalue weighted by Gasteiger charge is -2.14. The number of rotatable bonds is 5. The molecule has 24 heavy (non-hydrogen) atoms. The molecule has 5 heteroatoms. The van der Waals surface area contributed by atoms with Crippen molar-refractivity contribution in [2.24, 2.45) is 0 Å². The summed E-state index contributed by atoms with van der Waals surface area (Å²) in [6.07, 6.45) is 4.51. The van der Waals surface area contributed by atoms with E-state index in [4.69, 9.17) is 0 Å². The van der Waals surface area contributed by atoms with Crippen LogP contribution in [0, 0.1) is 0 Å². The van der Waals surface area contributed by atoms with Crippen LogP contribution >= 0.6 is 11.3 Å².